The summed E-state index contributed by atoms with van der Waals surface area (Å²) in [7, 11) is 1.71. The van der Waals surface area contributed by atoms with E-state index in [0.29, 0.717) is 24.2 Å². The minimum absolute atomic E-state index is 0.0417. The summed E-state index contributed by atoms with van der Waals surface area (Å²) in [6.45, 7) is 56.3. The number of hydrogen-bond acceptors (Lipinski definition) is 12. The van der Waals surface area contributed by atoms with Crippen molar-refractivity contribution in [2.24, 2.45) is 53.3 Å². The molecule has 7 unspecified atom stereocenters. The average molecular weight is 1590 g/mol. The van der Waals surface area contributed by atoms with Gasteiger partial charge in [0.2, 0.25) is 0 Å². The second-order valence-corrected chi connectivity index (χ2v) is 34.2. The number of fused-ring (bicyclic) bond motifs is 4. The van der Waals surface area contributed by atoms with Gasteiger partial charge >= 0.3 is 0 Å². The van der Waals surface area contributed by atoms with Crippen molar-refractivity contribution in [2.75, 3.05) is 113 Å². The van der Waals surface area contributed by atoms with Crippen molar-refractivity contribution in [3.05, 3.63) is 102 Å². The van der Waals surface area contributed by atoms with Crippen LogP contribution >= 0.6 is 0 Å². The van der Waals surface area contributed by atoms with Crippen molar-refractivity contribution >= 4 is 0 Å². The van der Waals surface area contributed by atoms with Crippen molar-refractivity contribution in [1.29, 1.82) is 0 Å². The Morgan fingerprint density at radius 1 is 0.363 bits per heavy atom. The van der Waals surface area contributed by atoms with Gasteiger partial charge in [-0.2, -0.15) is 0 Å². The minimum Gasteiger partial charge on any atom is -0.494 e. The third-order valence-corrected chi connectivity index (χ3v) is 22.3. The Balaban J connectivity index is 0.00000122. The van der Waals surface area contributed by atoms with Crippen LogP contribution in [0.3, 0.4) is 0 Å². The van der Waals surface area contributed by atoms with Gasteiger partial charge in [-0.1, -0.05) is 196 Å². The second kappa shape index (κ2) is 76.4. The minimum atomic E-state index is 0.0417. The lowest BCUT2D eigenvalue weighted by atomic mass is 9.87. The van der Waals surface area contributed by atoms with E-state index >= 15 is 0 Å². The van der Waals surface area contributed by atoms with Gasteiger partial charge in [-0.3, -0.25) is 0 Å². The first kappa shape index (κ1) is 110. The molecular formula is C101H186O12. The molecule has 11 rings (SSSR count). The third-order valence-electron chi connectivity index (χ3n) is 22.3. The molecule has 0 N–H and O–H groups in total. The van der Waals surface area contributed by atoms with Crippen LogP contribution in [0, 0.1) is 53.3 Å². The lowest BCUT2D eigenvalue weighted by Crippen LogP contribution is -2.18. The van der Waals surface area contributed by atoms with Gasteiger partial charge < -0.3 is 56.8 Å². The molecule has 8 saturated carbocycles. The fourth-order valence-electron chi connectivity index (χ4n) is 15.6. The van der Waals surface area contributed by atoms with Gasteiger partial charge in [0.1, 0.15) is 5.75 Å². The fraction of sp³-hybridized carbons (Fsp3) is 0.822. The van der Waals surface area contributed by atoms with Gasteiger partial charge in [-0.15, -0.1) is 0 Å². The lowest BCUT2D eigenvalue weighted by molar-refractivity contribution is 0.00530. The maximum absolute atomic E-state index is 5.48. The van der Waals surface area contributed by atoms with Gasteiger partial charge in [0.15, 0.2) is 0 Å². The zero-order valence-corrected chi connectivity index (χ0v) is 77.9. The molecule has 0 spiro atoms. The molecule has 0 radical (unpaired) electrons. The van der Waals surface area contributed by atoms with Crippen molar-refractivity contribution in [3.8, 4) is 5.75 Å². The second-order valence-electron chi connectivity index (χ2n) is 34.2. The van der Waals surface area contributed by atoms with Gasteiger partial charge in [0, 0.05) is 99.6 Å². The third kappa shape index (κ3) is 66.5. The van der Waals surface area contributed by atoms with Crippen molar-refractivity contribution < 1.29 is 56.8 Å². The Hall–Kier alpha value is -2.98. The molecule has 0 aliphatic heterocycles. The van der Waals surface area contributed by atoms with Gasteiger partial charge in [0.25, 0.3) is 0 Å². The Morgan fingerprint density at radius 2 is 0.779 bits per heavy atom. The van der Waals surface area contributed by atoms with Crippen LogP contribution in [0.15, 0.2) is 91.0 Å². The van der Waals surface area contributed by atoms with Gasteiger partial charge in [-0.25, -0.2) is 0 Å². The molecule has 3 aromatic carbocycles. The zero-order chi connectivity index (χ0) is 83.7. The lowest BCUT2D eigenvalue weighted by Gasteiger charge is -2.20. The number of methoxy groups -OCH3 is 1. The Kier molecular flexibility index (Phi) is 74.4. The molecule has 0 heterocycles. The quantitative estimate of drug-likeness (QED) is 0.0555. The van der Waals surface area contributed by atoms with E-state index in [9.17, 15) is 0 Å². The van der Waals surface area contributed by atoms with E-state index in [1.165, 1.54) is 197 Å². The van der Waals surface area contributed by atoms with Crippen LogP contribution in [-0.4, -0.2) is 142 Å². The maximum atomic E-state index is 5.48. The Bertz CT molecular complexity index is 2340. The van der Waals surface area contributed by atoms with Crippen LogP contribution in [0.25, 0.3) is 0 Å². The highest BCUT2D eigenvalue weighted by Crippen LogP contribution is 2.50. The summed E-state index contributed by atoms with van der Waals surface area (Å²) in [5.74, 6) is 9.69. The first-order valence-electron chi connectivity index (χ1n) is 46.9. The smallest absolute Gasteiger partial charge is 0.119 e. The summed E-state index contributed by atoms with van der Waals surface area (Å²) in [4.78, 5) is 0. The van der Waals surface area contributed by atoms with E-state index < -0.39 is 0 Å². The van der Waals surface area contributed by atoms with Crippen LogP contribution in [0.5, 0.6) is 5.75 Å². The predicted molar refractivity (Wildman–Crippen MR) is 483 cm³/mol. The summed E-state index contributed by atoms with van der Waals surface area (Å²) in [5, 5.41) is 0. The summed E-state index contributed by atoms with van der Waals surface area (Å²) >= 11 is 0. The molecule has 12 nitrogen and oxygen atoms in total. The normalized spacial score (nSPS) is 20.5. The van der Waals surface area contributed by atoms with Crippen molar-refractivity contribution in [2.45, 2.75) is 374 Å². The highest BCUT2D eigenvalue weighted by Gasteiger charge is 2.40. The summed E-state index contributed by atoms with van der Waals surface area (Å²) in [6.07, 6.45) is 45.0. The molecule has 8 fully saturated rings. The fourth-order valence-corrected chi connectivity index (χ4v) is 15.6. The average Bonchev–Trinajstić information content (AvgIpc) is 1.70. The predicted octanol–water partition coefficient (Wildman–Crippen LogP) is 27.5. The van der Waals surface area contributed by atoms with E-state index in [4.69, 9.17) is 56.8 Å². The van der Waals surface area contributed by atoms with Crippen molar-refractivity contribution in [3.63, 3.8) is 0 Å². The largest absolute Gasteiger partial charge is 0.494 e. The summed E-state index contributed by atoms with van der Waals surface area (Å²) in [5.41, 5.74) is 2.68. The van der Waals surface area contributed by atoms with Crippen LogP contribution < -0.4 is 4.74 Å². The van der Waals surface area contributed by atoms with E-state index in [2.05, 4.69) is 126 Å². The molecule has 8 aliphatic carbocycles. The molecule has 4 bridgehead atoms. The number of benzene rings is 3. The molecule has 662 valence electrons. The van der Waals surface area contributed by atoms with Crippen LogP contribution in [-0.2, 0) is 65.1 Å². The molecule has 0 aromatic heterocycles. The molecule has 12 heteroatoms. The summed E-state index contributed by atoms with van der Waals surface area (Å²) in [6, 6.07) is 30.4. The highest BCUT2D eigenvalue weighted by atomic mass is 16.5. The highest BCUT2D eigenvalue weighted by molar-refractivity contribution is 5.20. The number of ether oxygens (including phenoxy) is 12. The SMILES string of the molecule is CCCOC(C)C(C)C.CCOC(C)(C)C.CCOC1CCCC1.CCOC1CCCCC1.CCOCC1CC2CCC1C2.CCOCC1CCCCC1.CCOCCC1CC2CCC1C2.CCOCCC1CCCCC1.CCOCCc1ccccc1.CCOCc1ccccc1.CCOc1ccccc1.COC(C)(C)C. The van der Waals surface area contributed by atoms with E-state index in [1.807, 2.05) is 103 Å². The van der Waals surface area contributed by atoms with Gasteiger partial charge in [0.05, 0.1) is 49.3 Å². The molecule has 7 atom stereocenters. The van der Waals surface area contributed by atoms with Gasteiger partial charge in [-0.05, 0) is 297 Å². The first-order valence-corrected chi connectivity index (χ1v) is 46.9. The number of hydrogen-bond donors (Lipinski definition) is 0. The Labute approximate surface area is 700 Å². The van der Waals surface area contributed by atoms with Crippen LogP contribution in [0.4, 0.5) is 0 Å². The standard InChI is InChI=1S/C11H20O.C10H18O.C10H20O.C10H14O.C9H18O.C9H12O.C8H16O.C8H10O.C8H18O.C7H14O.C6H14O.C5H12O/c1-2-12-6-5-11-8-9-3-4-10(11)7-9;1-2-11-7-10-6-8-3-4-9(10)5-8;2*1-2-11-9-8-10-6-4-3-5-7-10;2*1-2-10-8-9-6-4-3-5-7-9;2*1-2-9-8-6-4-3-5-7-8;1-5-6-9-8(4)7(2)3;1-2-8-7-5-3-4-6-7;1-5-7-6(2,3)4;1-5(2,3)6-4/h9-11H,2-8H2,1H3;8-10H,2-7H2,1H3;10H,2-9H2,1H3;3-7H,2,8-9H2,1H3;9H,2-8H2,1H3;3-7H,2,8H2,1H3;8H,2-7H2,1H3;3-7H,2H2,1H3;7-8H,5-6H2,1-4H3;7H,2-6H2,1H3;5H2,1-4H3;1-4H3. The number of rotatable bonds is 32. The molecule has 3 aromatic rings. The monoisotopic (exact) mass is 1590 g/mol. The van der Waals surface area contributed by atoms with Crippen LogP contribution in [0.2, 0.25) is 0 Å². The topological polar surface area (TPSA) is 111 Å². The van der Waals surface area contributed by atoms with E-state index in [-0.39, 0.29) is 11.2 Å². The van der Waals surface area contributed by atoms with E-state index in [0.717, 1.165) is 178 Å². The molecule has 113 heavy (non-hydrogen) atoms. The molecule has 0 saturated heterocycles. The Morgan fingerprint density at radius 3 is 1.17 bits per heavy atom. The van der Waals surface area contributed by atoms with E-state index in [1.54, 1.807) is 7.11 Å². The number of para-hydroxylation sites is 1. The van der Waals surface area contributed by atoms with Crippen molar-refractivity contribution in [1.82, 2.24) is 0 Å². The van der Waals surface area contributed by atoms with Crippen LogP contribution in [0.1, 0.15) is 342 Å². The zero-order valence-electron chi connectivity index (χ0n) is 77.9. The molecular weight excluding hydrogens is 1410 g/mol. The molecule has 8 aliphatic rings. The molecule has 0 amide bonds. The first-order chi connectivity index (χ1) is 54.6. The summed E-state index contributed by atoms with van der Waals surface area (Å²) < 4.78 is 63.7. The maximum Gasteiger partial charge on any atom is 0.119 e.